The molecule has 1 aromatic carbocycles. The summed E-state index contributed by atoms with van der Waals surface area (Å²) in [6.07, 6.45) is 0.975. The maximum atomic E-state index is 13.7. The normalized spacial score (nSPS) is 15.9. The van der Waals surface area contributed by atoms with Crippen molar-refractivity contribution >= 4 is 33.8 Å². The van der Waals surface area contributed by atoms with Crippen LogP contribution in [0.5, 0.6) is 0 Å². The molecule has 4 rings (SSSR count). The van der Waals surface area contributed by atoms with Crippen molar-refractivity contribution in [3.63, 3.8) is 0 Å². The molecule has 6 nitrogen and oxygen atoms in total. The highest BCUT2D eigenvalue weighted by atomic mass is 32.2. The molecule has 0 spiro atoms. The number of halogens is 1. The van der Waals surface area contributed by atoms with Crippen LogP contribution in [0.2, 0.25) is 0 Å². The maximum absolute atomic E-state index is 13.7. The molecule has 1 saturated heterocycles. The summed E-state index contributed by atoms with van der Waals surface area (Å²) in [4.78, 5) is 6.30. The van der Waals surface area contributed by atoms with Crippen molar-refractivity contribution in [2.75, 3.05) is 38.6 Å². The highest BCUT2D eigenvalue weighted by Gasteiger charge is 2.17. The molecule has 0 saturated carbocycles. The molecule has 1 aliphatic heterocycles. The number of morpholine rings is 1. The summed E-state index contributed by atoms with van der Waals surface area (Å²) in [5.41, 5.74) is 2.43. The second kappa shape index (κ2) is 7.85. The van der Waals surface area contributed by atoms with Crippen LogP contribution in [0.25, 0.3) is 22.1 Å². The molecule has 0 aliphatic carbocycles. The number of nitrogens with zero attached hydrogens (tertiary/aromatic N) is 4. The van der Waals surface area contributed by atoms with E-state index in [0.29, 0.717) is 10.7 Å². The van der Waals surface area contributed by atoms with Crippen molar-refractivity contribution in [2.45, 2.75) is 25.0 Å². The molecule has 8 heteroatoms. The van der Waals surface area contributed by atoms with E-state index in [0.717, 1.165) is 68.1 Å². The second-order valence-corrected chi connectivity index (χ2v) is 7.60. The Balaban J connectivity index is 1.59. The molecular weight excluding hydrogens is 353 g/mol. The van der Waals surface area contributed by atoms with Crippen LogP contribution in [0.15, 0.2) is 23.4 Å². The molecule has 1 fully saturated rings. The van der Waals surface area contributed by atoms with E-state index in [1.54, 1.807) is 22.7 Å². The summed E-state index contributed by atoms with van der Waals surface area (Å²) in [6.45, 7) is 7.83. The van der Waals surface area contributed by atoms with Crippen LogP contribution >= 0.6 is 11.8 Å². The Kier molecular flexibility index (Phi) is 5.33. The fourth-order valence-corrected chi connectivity index (χ4v) is 4.24. The Morgan fingerprint density at radius 2 is 2.12 bits per heavy atom. The fraction of sp³-hybridized carbons (Fsp3) is 0.500. The third-order valence-corrected chi connectivity index (χ3v) is 5.58. The van der Waals surface area contributed by atoms with Crippen molar-refractivity contribution in [3.8, 4) is 0 Å². The number of benzene rings is 1. The molecule has 1 aliphatic rings. The number of thioether (sulfide) groups is 1. The lowest BCUT2D eigenvalue weighted by atomic mass is 10.2. The topological polar surface area (TPSA) is 57.3 Å². The van der Waals surface area contributed by atoms with Crippen LogP contribution < -0.4 is 4.90 Å². The summed E-state index contributed by atoms with van der Waals surface area (Å²) in [7, 11) is 0. The van der Waals surface area contributed by atoms with E-state index in [-0.39, 0.29) is 5.82 Å². The van der Waals surface area contributed by atoms with E-state index in [1.165, 1.54) is 12.1 Å². The molecule has 3 heterocycles. The standard InChI is InChI=1S/C18H22FN5OS/c1-2-5-24-15-4-3-13(19)12-14(15)16-17(24)20-18(22-21-16)26-11-8-23-6-9-25-10-7-23/h3-4,12H,2,5-11H2,1H3/p+1. The van der Waals surface area contributed by atoms with Gasteiger partial charge in [0.2, 0.25) is 5.16 Å². The molecule has 2 aromatic heterocycles. The summed E-state index contributed by atoms with van der Waals surface area (Å²) in [5, 5.41) is 10.1. The number of rotatable bonds is 6. The Labute approximate surface area is 155 Å². The Morgan fingerprint density at radius 1 is 1.27 bits per heavy atom. The van der Waals surface area contributed by atoms with Gasteiger partial charge in [-0.2, -0.15) is 0 Å². The largest absolute Gasteiger partial charge is 0.370 e. The second-order valence-electron chi connectivity index (χ2n) is 6.54. The number of hydrogen-bond acceptors (Lipinski definition) is 5. The van der Waals surface area contributed by atoms with Gasteiger partial charge in [0.05, 0.1) is 31.0 Å². The maximum Gasteiger partial charge on any atom is 0.211 e. The fourth-order valence-electron chi connectivity index (χ4n) is 3.42. The van der Waals surface area contributed by atoms with Gasteiger partial charge < -0.3 is 14.2 Å². The zero-order valence-electron chi connectivity index (χ0n) is 14.9. The first-order valence-corrected chi connectivity index (χ1v) is 10.1. The minimum absolute atomic E-state index is 0.262. The molecule has 3 aromatic rings. The first kappa shape index (κ1) is 17.6. The number of aryl methyl sites for hydroxylation is 1. The van der Waals surface area contributed by atoms with Gasteiger partial charge in [-0.25, -0.2) is 9.37 Å². The molecule has 26 heavy (non-hydrogen) atoms. The first-order chi connectivity index (χ1) is 12.8. The molecular formula is C18H23FN5OS+. The van der Waals surface area contributed by atoms with Crippen LogP contribution in [0, 0.1) is 5.82 Å². The molecule has 138 valence electrons. The highest BCUT2D eigenvalue weighted by Crippen LogP contribution is 2.28. The molecule has 0 bridgehead atoms. The van der Waals surface area contributed by atoms with Gasteiger partial charge in [0.15, 0.2) is 5.65 Å². The number of aromatic nitrogens is 4. The van der Waals surface area contributed by atoms with Crippen LogP contribution in [0.1, 0.15) is 13.3 Å². The van der Waals surface area contributed by atoms with Crippen molar-refractivity contribution in [1.29, 1.82) is 0 Å². The molecule has 0 atom stereocenters. The average molecular weight is 376 g/mol. The Bertz CT molecular complexity index is 909. The minimum atomic E-state index is -0.262. The zero-order chi connectivity index (χ0) is 17.9. The summed E-state index contributed by atoms with van der Waals surface area (Å²) >= 11 is 1.63. The van der Waals surface area contributed by atoms with Crippen molar-refractivity contribution in [2.24, 2.45) is 0 Å². The summed E-state index contributed by atoms with van der Waals surface area (Å²) in [5.74, 6) is 0.687. The van der Waals surface area contributed by atoms with Crippen LogP contribution in [0.4, 0.5) is 4.39 Å². The minimum Gasteiger partial charge on any atom is -0.370 e. The predicted molar refractivity (Wildman–Crippen MR) is 100 cm³/mol. The average Bonchev–Trinajstić information content (AvgIpc) is 2.96. The van der Waals surface area contributed by atoms with Gasteiger partial charge in [0, 0.05) is 11.9 Å². The van der Waals surface area contributed by atoms with E-state index < -0.39 is 0 Å². The SMILES string of the molecule is CCCn1c2ccc(F)cc2c2nnc(SCC[NH+]3CCOCC3)nc21. The van der Waals surface area contributed by atoms with Crippen molar-refractivity contribution in [1.82, 2.24) is 19.7 Å². The number of hydrogen-bond donors (Lipinski definition) is 1. The highest BCUT2D eigenvalue weighted by molar-refractivity contribution is 7.99. The van der Waals surface area contributed by atoms with Crippen molar-refractivity contribution in [3.05, 3.63) is 24.0 Å². The molecule has 0 unspecified atom stereocenters. The predicted octanol–water partition coefficient (Wildman–Crippen LogP) is 1.54. The number of quaternary nitrogens is 1. The van der Waals surface area contributed by atoms with Crippen molar-refractivity contribution < 1.29 is 14.0 Å². The van der Waals surface area contributed by atoms with E-state index >= 15 is 0 Å². The molecule has 0 amide bonds. The van der Waals surface area contributed by atoms with E-state index in [2.05, 4.69) is 21.7 Å². The van der Waals surface area contributed by atoms with Gasteiger partial charge in [-0.15, -0.1) is 10.2 Å². The Morgan fingerprint density at radius 3 is 2.92 bits per heavy atom. The molecule has 0 radical (unpaired) electrons. The lowest BCUT2D eigenvalue weighted by molar-refractivity contribution is -0.905. The van der Waals surface area contributed by atoms with Gasteiger partial charge in [-0.05, 0) is 24.6 Å². The third kappa shape index (κ3) is 3.54. The molecule has 1 N–H and O–H groups in total. The van der Waals surface area contributed by atoms with Crippen LogP contribution in [0.3, 0.4) is 0 Å². The van der Waals surface area contributed by atoms with Crippen LogP contribution in [-0.4, -0.2) is 58.3 Å². The smallest absolute Gasteiger partial charge is 0.211 e. The van der Waals surface area contributed by atoms with E-state index in [9.17, 15) is 4.39 Å². The Hall–Kier alpha value is -1.77. The van der Waals surface area contributed by atoms with E-state index in [1.807, 2.05) is 0 Å². The number of fused-ring (bicyclic) bond motifs is 3. The monoisotopic (exact) mass is 376 g/mol. The summed E-state index contributed by atoms with van der Waals surface area (Å²) in [6, 6.07) is 4.81. The van der Waals surface area contributed by atoms with E-state index in [4.69, 9.17) is 9.72 Å². The number of ether oxygens (including phenoxy) is 1. The number of nitrogens with one attached hydrogen (secondary N) is 1. The lowest BCUT2D eigenvalue weighted by Crippen LogP contribution is -3.14. The van der Waals surface area contributed by atoms with Gasteiger partial charge in [0.1, 0.15) is 24.4 Å². The van der Waals surface area contributed by atoms with Gasteiger partial charge >= 0.3 is 0 Å². The zero-order valence-corrected chi connectivity index (χ0v) is 15.7. The van der Waals surface area contributed by atoms with Gasteiger partial charge in [0.25, 0.3) is 0 Å². The third-order valence-electron chi connectivity index (χ3n) is 4.74. The van der Waals surface area contributed by atoms with Gasteiger partial charge in [-0.1, -0.05) is 18.7 Å². The lowest BCUT2D eigenvalue weighted by Gasteiger charge is -2.23. The quantitative estimate of drug-likeness (QED) is 0.662. The van der Waals surface area contributed by atoms with Crippen LogP contribution in [-0.2, 0) is 11.3 Å². The van der Waals surface area contributed by atoms with Gasteiger partial charge in [-0.3, -0.25) is 0 Å². The first-order valence-electron chi connectivity index (χ1n) is 9.12. The summed E-state index contributed by atoms with van der Waals surface area (Å²) < 4.78 is 21.2.